The summed E-state index contributed by atoms with van der Waals surface area (Å²) in [4.78, 5) is 31.8. The quantitative estimate of drug-likeness (QED) is 0.606. The zero-order chi connectivity index (χ0) is 25.5. The number of benzene rings is 2. The van der Waals surface area contributed by atoms with E-state index in [1.54, 1.807) is 16.7 Å². The van der Waals surface area contributed by atoms with Crippen LogP contribution in [0, 0.1) is 18.6 Å². The maximum Gasteiger partial charge on any atom is 0.227 e. The van der Waals surface area contributed by atoms with Crippen molar-refractivity contribution in [3.63, 3.8) is 0 Å². The molecule has 0 saturated heterocycles. The minimum Gasteiger partial charge on any atom is -0.338 e. The molecular weight excluding hydrogens is 448 g/mol. The molecule has 190 valence electrons. The molecule has 5 nitrogen and oxygen atoms in total. The molecule has 0 saturated carbocycles. The van der Waals surface area contributed by atoms with Crippen molar-refractivity contribution in [1.82, 2.24) is 9.80 Å². The average Bonchev–Trinajstić information content (AvgIpc) is 2.82. The molecule has 0 aliphatic carbocycles. The van der Waals surface area contributed by atoms with Gasteiger partial charge in [-0.05, 0) is 50.8 Å². The first-order valence-corrected chi connectivity index (χ1v) is 12.5. The second kappa shape index (κ2) is 12.2. The molecule has 0 fully saturated rings. The van der Waals surface area contributed by atoms with Crippen molar-refractivity contribution in [3.05, 3.63) is 64.7 Å². The van der Waals surface area contributed by atoms with Crippen LogP contribution in [0.15, 0.2) is 36.4 Å². The van der Waals surface area contributed by atoms with Crippen molar-refractivity contribution in [2.24, 2.45) is 0 Å². The number of hydrogen-bond donors (Lipinski definition) is 0. The molecular formula is C28H37F2N3O2. The fourth-order valence-corrected chi connectivity index (χ4v) is 4.54. The average molecular weight is 486 g/mol. The van der Waals surface area contributed by atoms with Gasteiger partial charge in [0.25, 0.3) is 0 Å². The summed E-state index contributed by atoms with van der Waals surface area (Å²) in [6.07, 6.45) is 1.97. The number of amides is 2. The van der Waals surface area contributed by atoms with E-state index >= 15 is 0 Å². The predicted molar refractivity (Wildman–Crippen MR) is 135 cm³/mol. The summed E-state index contributed by atoms with van der Waals surface area (Å²) in [7, 11) is 0. The molecule has 1 heterocycles. The van der Waals surface area contributed by atoms with E-state index in [0.717, 1.165) is 49.2 Å². The minimum atomic E-state index is -0.994. The molecule has 0 spiro atoms. The Kier molecular flexibility index (Phi) is 9.38. The lowest BCUT2D eigenvalue weighted by Crippen LogP contribution is -2.41. The molecule has 7 heteroatoms. The van der Waals surface area contributed by atoms with Crippen LogP contribution in [-0.2, 0) is 22.6 Å². The zero-order valence-electron chi connectivity index (χ0n) is 21.3. The third kappa shape index (κ3) is 7.10. The first-order valence-electron chi connectivity index (χ1n) is 12.5. The molecule has 0 N–H and O–H groups in total. The van der Waals surface area contributed by atoms with E-state index in [1.807, 2.05) is 31.2 Å². The number of anilines is 1. The lowest BCUT2D eigenvalue weighted by molar-refractivity contribution is -0.131. The molecule has 3 rings (SSSR count). The summed E-state index contributed by atoms with van der Waals surface area (Å²) >= 11 is 0. The van der Waals surface area contributed by atoms with E-state index < -0.39 is 11.6 Å². The second-order valence-corrected chi connectivity index (χ2v) is 9.61. The van der Waals surface area contributed by atoms with Crippen LogP contribution in [0.25, 0.3) is 0 Å². The van der Waals surface area contributed by atoms with Crippen molar-refractivity contribution in [2.75, 3.05) is 31.1 Å². The van der Waals surface area contributed by atoms with Crippen molar-refractivity contribution in [1.29, 1.82) is 0 Å². The van der Waals surface area contributed by atoms with Crippen molar-refractivity contribution in [2.45, 2.75) is 66.0 Å². The van der Waals surface area contributed by atoms with E-state index in [1.165, 1.54) is 0 Å². The van der Waals surface area contributed by atoms with Gasteiger partial charge in [-0.3, -0.25) is 9.59 Å². The van der Waals surface area contributed by atoms with E-state index in [-0.39, 0.29) is 31.2 Å². The fraction of sp³-hybridized carbons (Fsp3) is 0.500. The van der Waals surface area contributed by atoms with Crippen LogP contribution in [0.3, 0.4) is 0 Å². The Hall–Kier alpha value is -2.80. The maximum atomic E-state index is 14.4. The number of halogens is 2. The first-order chi connectivity index (χ1) is 16.7. The van der Waals surface area contributed by atoms with Gasteiger partial charge in [-0.25, -0.2) is 8.78 Å². The number of carbonyl (C=O) groups is 2. The minimum absolute atomic E-state index is 0.0777. The summed E-state index contributed by atoms with van der Waals surface area (Å²) in [5.41, 5.74) is 2.82. The van der Waals surface area contributed by atoms with Gasteiger partial charge in [-0.2, -0.15) is 0 Å². The van der Waals surface area contributed by atoms with Crippen LogP contribution in [0.2, 0.25) is 0 Å². The normalized spacial score (nSPS) is 16.0. The molecule has 1 aliphatic heterocycles. The summed E-state index contributed by atoms with van der Waals surface area (Å²) in [6.45, 7) is 10.6. The van der Waals surface area contributed by atoms with Gasteiger partial charge in [0.1, 0.15) is 0 Å². The Morgan fingerprint density at radius 2 is 1.54 bits per heavy atom. The van der Waals surface area contributed by atoms with Gasteiger partial charge in [0.15, 0.2) is 11.6 Å². The van der Waals surface area contributed by atoms with E-state index in [9.17, 15) is 18.4 Å². The molecule has 0 radical (unpaired) electrons. The third-order valence-corrected chi connectivity index (χ3v) is 6.64. The topological polar surface area (TPSA) is 43.9 Å². The van der Waals surface area contributed by atoms with Gasteiger partial charge in [0, 0.05) is 51.3 Å². The van der Waals surface area contributed by atoms with Gasteiger partial charge in [-0.1, -0.05) is 36.8 Å². The second-order valence-electron chi connectivity index (χ2n) is 9.61. The highest BCUT2D eigenvalue weighted by Crippen LogP contribution is 2.27. The van der Waals surface area contributed by atoms with Crippen molar-refractivity contribution < 1.29 is 18.4 Å². The van der Waals surface area contributed by atoms with Gasteiger partial charge < -0.3 is 14.7 Å². The number of hydrogen-bond acceptors (Lipinski definition) is 3. The molecule has 35 heavy (non-hydrogen) atoms. The molecule has 2 amide bonds. The highest BCUT2D eigenvalue weighted by molar-refractivity contribution is 5.94. The number of aryl methyl sites for hydroxylation is 1. The van der Waals surface area contributed by atoms with Crippen LogP contribution in [0.4, 0.5) is 14.5 Å². The Morgan fingerprint density at radius 3 is 2.17 bits per heavy atom. The number of rotatable bonds is 4. The predicted octanol–water partition coefficient (Wildman–Crippen LogP) is 5.09. The zero-order valence-corrected chi connectivity index (χ0v) is 21.3. The molecule has 0 aromatic heterocycles. The van der Waals surface area contributed by atoms with E-state index in [2.05, 4.69) is 18.7 Å². The molecule has 2 aromatic rings. The van der Waals surface area contributed by atoms with Crippen LogP contribution >= 0.6 is 0 Å². The summed E-state index contributed by atoms with van der Waals surface area (Å²) in [5.74, 6) is -2.20. The Bertz CT molecular complexity index is 1020. The monoisotopic (exact) mass is 485 g/mol. The SMILES string of the molecule is CCC(=O)N1CCCN(C(C)C)CCCN(C(=O)Cc2ccc(C)cc2)Cc2cc(F)c(F)cc21. The highest BCUT2D eigenvalue weighted by Gasteiger charge is 2.25. The summed E-state index contributed by atoms with van der Waals surface area (Å²) < 4.78 is 28.7. The van der Waals surface area contributed by atoms with Gasteiger partial charge in [0.05, 0.1) is 12.1 Å². The summed E-state index contributed by atoms with van der Waals surface area (Å²) in [5, 5.41) is 0. The standard InChI is InChI=1S/C28H37F2N3O2/c1-5-27(34)33-15-7-13-31(20(2)3)12-6-14-32(19-23-17-24(29)25(30)18-26(23)33)28(35)16-22-10-8-21(4)9-11-22/h8-11,17-18,20H,5-7,12-16,19H2,1-4H3. The lowest BCUT2D eigenvalue weighted by atomic mass is 10.1. The Balaban J connectivity index is 1.98. The molecule has 0 atom stereocenters. The van der Waals surface area contributed by atoms with Crippen LogP contribution in [0.5, 0.6) is 0 Å². The van der Waals surface area contributed by atoms with Crippen molar-refractivity contribution in [3.8, 4) is 0 Å². The number of carbonyl (C=O) groups excluding carboxylic acids is 2. The maximum absolute atomic E-state index is 14.4. The number of nitrogens with zero attached hydrogens (tertiary/aromatic N) is 3. The first kappa shape index (κ1) is 26.8. The fourth-order valence-electron chi connectivity index (χ4n) is 4.54. The third-order valence-electron chi connectivity index (χ3n) is 6.64. The molecule has 1 aliphatic rings. The Labute approximate surface area is 207 Å². The van der Waals surface area contributed by atoms with Crippen LogP contribution < -0.4 is 4.90 Å². The van der Waals surface area contributed by atoms with E-state index in [0.29, 0.717) is 30.4 Å². The van der Waals surface area contributed by atoms with Crippen LogP contribution in [-0.4, -0.2) is 53.8 Å². The van der Waals surface area contributed by atoms with E-state index in [4.69, 9.17) is 0 Å². The van der Waals surface area contributed by atoms with Gasteiger partial charge >= 0.3 is 0 Å². The molecule has 0 unspecified atom stereocenters. The Morgan fingerprint density at radius 1 is 0.914 bits per heavy atom. The van der Waals surface area contributed by atoms with Crippen LogP contribution in [0.1, 0.15) is 56.7 Å². The largest absolute Gasteiger partial charge is 0.338 e. The molecule has 0 bridgehead atoms. The number of fused-ring (bicyclic) bond motifs is 1. The highest BCUT2D eigenvalue weighted by atomic mass is 19.2. The summed E-state index contributed by atoms with van der Waals surface area (Å²) in [6, 6.07) is 10.4. The van der Waals surface area contributed by atoms with Gasteiger partial charge in [0.2, 0.25) is 11.8 Å². The van der Waals surface area contributed by atoms with Crippen molar-refractivity contribution >= 4 is 17.5 Å². The smallest absolute Gasteiger partial charge is 0.227 e. The molecule has 2 aromatic carbocycles. The van der Waals surface area contributed by atoms with Gasteiger partial charge in [-0.15, -0.1) is 0 Å². The lowest BCUT2D eigenvalue weighted by Gasteiger charge is -2.33.